The first-order valence-corrected chi connectivity index (χ1v) is 7.85. The highest BCUT2D eigenvalue weighted by Gasteiger charge is 2.10. The van der Waals surface area contributed by atoms with E-state index in [1.807, 2.05) is 37.3 Å². The molecule has 0 saturated carbocycles. The van der Waals surface area contributed by atoms with Gasteiger partial charge in [0.25, 0.3) is 0 Å². The van der Waals surface area contributed by atoms with Crippen LogP contribution in [-0.4, -0.2) is 19.1 Å². The maximum Gasteiger partial charge on any atom is 0.220 e. The highest BCUT2D eigenvalue weighted by Crippen LogP contribution is 2.18. The molecule has 0 aromatic heterocycles. The second-order valence-electron chi connectivity index (χ2n) is 5.52. The highest BCUT2D eigenvalue weighted by atomic mass is 19.1. The van der Waals surface area contributed by atoms with Crippen LogP contribution < -0.4 is 10.1 Å². The Balaban J connectivity index is 1.60. The van der Waals surface area contributed by atoms with Crippen molar-refractivity contribution in [1.29, 1.82) is 0 Å². The quantitative estimate of drug-likeness (QED) is 0.750. The zero-order valence-corrected chi connectivity index (χ0v) is 13.3. The first-order valence-electron chi connectivity index (χ1n) is 7.85. The minimum atomic E-state index is -0.280. The van der Waals surface area contributed by atoms with Crippen LogP contribution in [0.15, 0.2) is 54.6 Å². The molecule has 1 N–H and O–H groups in total. The molecular weight excluding hydrogens is 293 g/mol. The van der Waals surface area contributed by atoms with Gasteiger partial charge in [-0.25, -0.2) is 4.39 Å². The number of nitrogens with one attached hydrogen (secondary N) is 1. The predicted molar refractivity (Wildman–Crippen MR) is 89.0 cm³/mol. The zero-order chi connectivity index (χ0) is 16.5. The van der Waals surface area contributed by atoms with Crippen molar-refractivity contribution in [1.82, 2.24) is 5.32 Å². The Kier molecular flexibility index (Phi) is 6.60. The number of hydrogen-bond acceptors (Lipinski definition) is 2. The van der Waals surface area contributed by atoms with Gasteiger partial charge in [-0.15, -0.1) is 0 Å². The van der Waals surface area contributed by atoms with Crippen molar-refractivity contribution in [2.24, 2.45) is 0 Å². The summed E-state index contributed by atoms with van der Waals surface area (Å²) in [5, 5.41) is 2.90. The molecule has 1 amide bonds. The van der Waals surface area contributed by atoms with Gasteiger partial charge >= 0.3 is 0 Å². The van der Waals surface area contributed by atoms with Gasteiger partial charge in [-0.1, -0.05) is 37.3 Å². The van der Waals surface area contributed by atoms with Gasteiger partial charge in [0.15, 0.2) is 0 Å². The predicted octanol–water partition coefficient (Wildman–Crippen LogP) is 3.90. The first kappa shape index (κ1) is 17.0. The number of halogens is 1. The third-order valence-corrected chi connectivity index (χ3v) is 3.59. The molecule has 0 saturated heterocycles. The Labute approximate surface area is 136 Å². The number of rotatable bonds is 8. The number of ether oxygens (including phenoxy) is 1. The largest absolute Gasteiger partial charge is 0.494 e. The number of benzene rings is 2. The Morgan fingerprint density at radius 1 is 1.13 bits per heavy atom. The standard InChI is InChI=1S/C19H22FNO2/c1-15(16-6-3-2-4-7-16)14-19(22)21-12-5-13-23-18-10-8-17(20)9-11-18/h2-4,6-11,15H,5,12-14H2,1H3,(H,21,22). The Morgan fingerprint density at radius 3 is 2.52 bits per heavy atom. The van der Waals surface area contributed by atoms with Crippen LogP contribution in [0.1, 0.15) is 31.2 Å². The van der Waals surface area contributed by atoms with Crippen LogP contribution in [0.4, 0.5) is 4.39 Å². The average Bonchev–Trinajstić information content (AvgIpc) is 2.57. The molecule has 2 aromatic rings. The summed E-state index contributed by atoms with van der Waals surface area (Å²) in [6, 6.07) is 15.9. The monoisotopic (exact) mass is 315 g/mol. The smallest absolute Gasteiger partial charge is 0.220 e. The highest BCUT2D eigenvalue weighted by molar-refractivity contribution is 5.76. The molecular formula is C19H22FNO2. The maximum atomic E-state index is 12.7. The number of carbonyl (C=O) groups excluding carboxylic acids is 1. The molecule has 2 rings (SSSR count). The summed E-state index contributed by atoms with van der Waals surface area (Å²) >= 11 is 0. The van der Waals surface area contributed by atoms with E-state index in [9.17, 15) is 9.18 Å². The maximum absolute atomic E-state index is 12.7. The van der Waals surface area contributed by atoms with Crippen molar-refractivity contribution in [3.8, 4) is 5.75 Å². The minimum Gasteiger partial charge on any atom is -0.494 e. The van der Waals surface area contributed by atoms with Crippen molar-refractivity contribution >= 4 is 5.91 Å². The van der Waals surface area contributed by atoms with Crippen LogP contribution in [0.2, 0.25) is 0 Å². The van der Waals surface area contributed by atoms with Crippen molar-refractivity contribution in [2.45, 2.75) is 25.7 Å². The first-order chi connectivity index (χ1) is 11.1. The molecule has 2 aromatic carbocycles. The topological polar surface area (TPSA) is 38.3 Å². The molecule has 0 fully saturated rings. The van der Waals surface area contributed by atoms with Gasteiger partial charge in [-0.05, 0) is 42.2 Å². The van der Waals surface area contributed by atoms with Gasteiger partial charge in [0.05, 0.1) is 6.61 Å². The summed E-state index contributed by atoms with van der Waals surface area (Å²) in [5.41, 5.74) is 1.17. The Bertz CT molecular complexity index is 599. The third-order valence-electron chi connectivity index (χ3n) is 3.59. The summed E-state index contributed by atoms with van der Waals surface area (Å²) in [6.45, 7) is 3.11. The lowest BCUT2D eigenvalue weighted by molar-refractivity contribution is -0.121. The zero-order valence-electron chi connectivity index (χ0n) is 13.3. The van der Waals surface area contributed by atoms with Gasteiger partial charge in [0, 0.05) is 13.0 Å². The van der Waals surface area contributed by atoms with Crippen molar-refractivity contribution < 1.29 is 13.9 Å². The third kappa shape index (κ3) is 6.10. The molecule has 1 unspecified atom stereocenters. The molecule has 0 heterocycles. The molecule has 0 spiro atoms. The van der Waals surface area contributed by atoms with Crippen LogP contribution in [0.3, 0.4) is 0 Å². The van der Waals surface area contributed by atoms with E-state index in [1.54, 1.807) is 12.1 Å². The van der Waals surface area contributed by atoms with Crippen LogP contribution in [-0.2, 0) is 4.79 Å². The molecule has 122 valence electrons. The summed E-state index contributed by atoms with van der Waals surface area (Å²) in [7, 11) is 0. The fraction of sp³-hybridized carbons (Fsp3) is 0.316. The Hall–Kier alpha value is -2.36. The number of hydrogen-bond donors (Lipinski definition) is 1. The van der Waals surface area contributed by atoms with Gasteiger partial charge in [0.1, 0.15) is 11.6 Å². The van der Waals surface area contributed by atoms with Gasteiger partial charge in [-0.3, -0.25) is 4.79 Å². The van der Waals surface area contributed by atoms with Gasteiger partial charge in [-0.2, -0.15) is 0 Å². The number of amides is 1. The lowest BCUT2D eigenvalue weighted by atomic mass is 9.98. The SMILES string of the molecule is CC(CC(=O)NCCCOc1ccc(F)cc1)c1ccccc1. The van der Waals surface area contributed by atoms with E-state index < -0.39 is 0 Å². The summed E-state index contributed by atoms with van der Waals surface area (Å²) in [4.78, 5) is 11.9. The summed E-state index contributed by atoms with van der Waals surface area (Å²) in [5.74, 6) is 0.599. The molecule has 0 aliphatic heterocycles. The summed E-state index contributed by atoms with van der Waals surface area (Å²) in [6.07, 6.45) is 1.19. The van der Waals surface area contributed by atoms with E-state index >= 15 is 0 Å². The van der Waals surface area contributed by atoms with Crippen LogP contribution in [0.5, 0.6) is 5.75 Å². The molecule has 1 atom stereocenters. The molecule has 23 heavy (non-hydrogen) atoms. The molecule has 0 aliphatic rings. The molecule has 0 radical (unpaired) electrons. The van der Waals surface area contributed by atoms with Gasteiger partial charge in [0.2, 0.25) is 5.91 Å². The van der Waals surface area contributed by atoms with E-state index in [0.29, 0.717) is 31.7 Å². The second-order valence-corrected chi connectivity index (χ2v) is 5.52. The lowest BCUT2D eigenvalue weighted by Gasteiger charge is -2.12. The van der Waals surface area contributed by atoms with Crippen LogP contribution in [0.25, 0.3) is 0 Å². The van der Waals surface area contributed by atoms with E-state index in [2.05, 4.69) is 5.32 Å². The van der Waals surface area contributed by atoms with E-state index in [4.69, 9.17) is 4.74 Å². The second kappa shape index (κ2) is 8.93. The normalized spacial score (nSPS) is 11.7. The van der Waals surface area contributed by atoms with Crippen LogP contribution >= 0.6 is 0 Å². The Morgan fingerprint density at radius 2 is 1.83 bits per heavy atom. The molecule has 3 nitrogen and oxygen atoms in total. The van der Waals surface area contributed by atoms with Gasteiger partial charge < -0.3 is 10.1 Å². The number of carbonyl (C=O) groups is 1. The molecule has 0 bridgehead atoms. The fourth-order valence-corrected chi connectivity index (χ4v) is 2.27. The molecule has 4 heteroatoms. The lowest BCUT2D eigenvalue weighted by Crippen LogP contribution is -2.26. The van der Waals surface area contributed by atoms with E-state index in [0.717, 1.165) is 0 Å². The molecule has 0 aliphatic carbocycles. The average molecular weight is 315 g/mol. The minimum absolute atomic E-state index is 0.0446. The van der Waals surface area contributed by atoms with Crippen molar-refractivity contribution in [2.75, 3.05) is 13.2 Å². The van der Waals surface area contributed by atoms with Crippen LogP contribution in [0, 0.1) is 5.82 Å². The van der Waals surface area contributed by atoms with E-state index in [-0.39, 0.29) is 17.6 Å². The fourth-order valence-electron chi connectivity index (χ4n) is 2.27. The van der Waals surface area contributed by atoms with E-state index in [1.165, 1.54) is 17.7 Å². The summed E-state index contributed by atoms with van der Waals surface area (Å²) < 4.78 is 18.2. The van der Waals surface area contributed by atoms with Crippen molar-refractivity contribution in [3.63, 3.8) is 0 Å². The van der Waals surface area contributed by atoms with Crippen molar-refractivity contribution in [3.05, 3.63) is 66.0 Å².